The number of amides is 1. The number of carbonyl (C=O) groups is 1. The highest BCUT2D eigenvalue weighted by Crippen LogP contribution is 2.25. The van der Waals surface area contributed by atoms with E-state index in [-0.39, 0.29) is 5.91 Å². The maximum Gasteiger partial charge on any atom is 0.241 e. The monoisotopic (exact) mass is 352 g/mol. The van der Waals surface area contributed by atoms with Crippen molar-refractivity contribution in [3.8, 4) is 0 Å². The van der Waals surface area contributed by atoms with Gasteiger partial charge in [-0.2, -0.15) is 0 Å². The Kier molecular flexibility index (Phi) is 5.33. The van der Waals surface area contributed by atoms with Crippen LogP contribution in [0, 0.1) is 5.92 Å². The molecule has 0 atom stereocenters. The highest BCUT2D eigenvalue weighted by Gasteiger charge is 2.32. The van der Waals surface area contributed by atoms with E-state index in [0.717, 1.165) is 32.7 Å². The lowest BCUT2D eigenvalue weighted by molar-refractivity contribution is -0.131. The van der Waals surface area contributed by atoms with E-state index in [4.69, 9.17) is 0 Å². The Morgan fingerprint density at radius 1 is 1.31 bits per heavy atom. The minimum absolute atomic E-state index is 0.122. The van der Waals surface area contributed by atoms with Gasteiger partial charge in [-0.15, -0.1) is 0 Å². The highest BCUT2D eigenvalue weighted by atomic mass is 79.9. The zero-order valence-corrected chi connectivity index (χ0v) is 13.3. The topological polar surface area (TPSA) is 23.6 Å². The van der Waals surface area contributed by atoms with Gasteiger partial charge in [0.05, 0.1) is 0 Å². The maximum absolute atomic E-state index is 12.0. The van der Waals surface area contributed by atoms with Crippen LogP contribution in [0.4, 0.5) is 0 Å². The molecule has 0 saturated carbocycles. The molecule has 1 aliphatic rings. The van der Waals surface area contributed by atoms with Crippen molar-refractivity contribution in [1.29, 1.82) is 0 Å². The molecule has 3 nitrogen and oxygen atoms in total. The number of carbonyl (C=O) groups excluding carboxylic acids is 1. The molecule has 1 aliphatic heterocycles. The van der Waals surface area contributed by atoms with Crippen LogP contribution in [0.25, 0.3) is 0 Å². The fourth-order valence-corrected chi connectivity index (χ4v) is 2.43. The molecule has 0 aromatic carbocycles. The first-order valence-corrected chi connectivity index (χ1v) is 7.29. The standard InChI is InChI=1S/C10H19BBr2N2O/c1-8(2)7-14-3-5-15(6-4-14)9(16)10(11,12)13/h8H,3-7,11H2,1-2H3. The van der Waals surface area contributed by atoms with Crippen molar-refractivity contribution in [2.24, 2.45) is 5.92 Å². The minimum Gasteiger partial charge on any atom is -0.339 e. The summed E-state index contributed by atoms with van der Waals surface area (Å²) in [5.41, 5.74) is 0. The van der Waals surface area contributed by atoms with E-state index in [2.05, 4.69) is 50.6 Å². The SMILES string of the molecule is BC(Br)(Br)C(=O)N1CCN(CC(C)C)CC1. The van der Waals surface area contributed by atoms with Crippen molar-refractivity contribution in [3.63, 3.8) is 0 Å². The van der Waals surface area contributed by atoms with Gasteiger partial charge in [0, 0.05) is 32.7 Å². The quantitative estimate of drug-likeness (QED) is 0.555. The van der Waals surface area contributed by atoms with Crippen LogP contribution in [-0.2, 0) is 4.79 Å². The number of hydrogen-bond donors (Lipinski definition) is 0. The Labute approximate surface area is 116 Å². The summed E-state index contributed by atoms with van der Waals surface area (Å²) in [7, 11) is 1.83. The molecule has 1 fully saturated rings. The number of alkyl halides is 2. The van der Waals surface area contributed by atoms with Crippen LogP contribution in [0.15, 0.2) is 0 Å². The van der Waals surface area contributed by atoms with E-state index in [1.807, 2.05) is 12.7 Å². The second kappa shape index (κ2) is 5.87. The third kappa shape index (κ3) is 4.38. The van der Waals surface area contributed by atoms with Gasteiger partial charge in [-0.05, 0) is 5.92 Å². The Bertz CT molecular complexity index is 248. The summed E-state index contributed by atoms with van der Waals surface area (Å²) in [5, 5.41) is 0. The van der Waals surface area contributed by atoms with E-state index in [0.29, 0.717) is 5.92 Å². The van der Waals surface area contributed by atoms with Crippen LogP contribution < -0.4 is 0 Å². The summed E-state index contributed by atoms with van der Waals surface area (Å²) in [6.07, 6.45) is 0. The molecule has 92 valence electrons. The van der Waals surface area contributed by atoms with E-state index >= 15 is 0 Å². The number of piperazine rings is 1. The third-order valence-corrected chi connectivity index (χ3v) is 3.34. The lowest BCUT2D eigenvalue weighted by atomic mass is 10.0. The summed E-state index contributed by atoms with van der Waals surface area (Å²) < 4.78 is -0.611. The highest BCUT2D eigenvalue weighted by molar-refractivity contribution is 9.26. The molecule has 0 unspecified atom stereocenters. The van der Waals surface area contributed by atoms with Crippen LogP contribution >= 0.6 is 31.9 Å². The van der Waals surface area contributed by atoms with Crippen molar-refractivity contribution < 1.29 is 4.79 Å². The van der Waals surface area contributed by atoms with Crippen LogP contribution in [-0.4, -0.2) is 59.4 Å². The summed E-state index contributed by atoms with van der Waals surface area (Å²) in [4.78, 5) is 16.3. The second-order valence-electron chi connectivity index (χ2n) is 4.88. The first-order chi connectivity index (χ1) is 7.30. The molecule has 6 heteroatoms. The Hall–Kier alpha value is 0.455. The van der Waals surface area contributed by atoms with E-state index in [9.17, 15) is 4.79 Å². The average molecular weight is 354 g/mol. The normalized spacial score (nSPS) is 19.2. The van der Waals surface area contributed by atoms with Crippen LogP contribution in [0.5, 0.6) is 0 Å². The molecule has 0 aliphatic carbocycles. The van der Waals surface area contributed by atoms with Gasteiger partial charge in [-0.25, -0.2) is 0 Å². The molecular weight excluding hydrogens is 335 g/mol. The number of rotatable bonds is 3. The van der Waals surface area contributed by atoms with Gasteiger partial charge >= 0.3 is 0 Å². The molecule has 0 aromatic rings. The van der Waals surface area contributed by atoms with E-state index in [1.54, 1.807) is 0 Å². The predicted molar refractivity (Wildman–Crippen MR) is 77.0 cm³/mol. The largest absolute Gasteiger partial charge is 0.339 e. The van der Waals surface area contributed by atoms with Crippen molar-refractivity contribution >= 4 is 45.6 Å². The molecule has 1 amide bonds. The first-order valence-electron chi connectivity index (χ1n) is 5.70. The summed E-state index contributed by atoms with van der Waals surface area (Å²) in [6.45, 7) is 9.22. The third-order valence-electron chi connectivity index (χ3n) is 2.66. The van der Waals surface area contributed by atoms with Gasteiger partial charge in [-0.1, -0.05) is 45.7 Å². The molecule has 0 spiro atoms. The molecule has 1 heterocycles. The first kappa shape index (κ1) is 14.5. The van der Waals surface area contributed by atoms with Crippen LogP contribution in [0.1, 0.15) is 13.8 Å². The summed E-state index contributed by atoms with van der Waals surface area (Å²) in [5.74, 6) is 0.816. The van der Waals surface area contributed by atoms with Crippen LogP contribution in [0.3, 0.4) is 0 Å². The zero-order chi connectivity index (χ0) is 12.3. The van der Waals surface area contributed by atoms with Gasteiger partial charge in [-0.3, -0.25) is 9.69 Å². The van der Waals surface area contributed by atoms with Gasteiger partial charge in [0.15, 0.2) is 0 Å². The van der Waals surface area contributed by atoms with Gasteiger partial charge in [0.1, 0.15) is 11.0 Å². The van der Waals surface area contributed by atoms with Gasteiger partial charge in [0.2, 0.25) is 5.91 Å². The molecular formula is C10H19BBr2N2O. The van der Waals surface area contributed by atoms with Crippen molar-refractivity contribution in [3.05, 3.63) is 0 Å². The van der Waals surface area contributed by atoms with Gasteiger partial charge < -0.3 is 4.90 Å². The lowest BCUT2D eigenvalue weighted by Crippen LogP contribution is -2.53. The Morgan fingerprint density at radius 2 is 1.81 bits per heavy atom. The molecule has 0 bridgehead atoms. The summed E-state index contributed by atoms with van der Waals surface area (Å²) in [6, 6.07) is 0. The fraction of sp³-hybridized carbons (Fsp3) is 0.900. The van der Waals surface area contributed by atoms with Crippen molar-refractivity contribution in [2.45, 2.75) is 17.0 Å². The van der Waals surface area contributed by atoms with Gasteiger partial charge in [0.25, 0.3) is 0 Å². The smallest absolute Gasteiger partial charge is 0.241 e. The van der Waals surface area contributed by atoms with Crippen molar-refractivity contribution in [2.75, 3.05) is 32.7 Å². The molecule has 16 heavy (non-hydrogen) atoms. The Morgan fingerprint density at radius 3 is 2.19 bits per heavy atom. The van der Waals surface area contributed by atoms with Crippen LogP contribution in [0.2, 0.25) is 0 Å². The zero-order valence-electron chi connectivity index (χ0n) is 10.2. The second-order valence-corrected chi connectivity index (χ2v) is 9.11. The fourth-order valence-electron chi connectivity index (χ4n) is 1.93. The number of nitrogens with zero attached hydrogens (tertiary/aromatic N) is 2. The average Bonchev–Trinajstić information content (AvgIpc) is 2.15. The predicted octanol–water partition coefficient (Wildman–Crippen LogP) is 0.863. The molecule has 1 saturated heterocycles. The number of halogens is 2. The lowest BCUT2D eigenvalue weighted by Gasteiger charge is -2.37. The van der Waals surface area contributed by atoms with Crippen molar-refractivity contribution in [1.82, 2.24) is 9.80 Å². The Balaban J connectivity index is 2.40. The summed E-state index contributed by atoms with van der Waals surface area (Å²) >= 11 is 6.69. The number of hydrogen-bond acceptors (Lipinski definition) is 2. The molecule has 0 N–H and O–H groups in total. The maximum atomic E-state index is 12.0. The molecule has 0 radical (unpaired) electrons. The molecule has 0 aromatic heterocycles. The molecule has 1 rings (SSSR count). The van der Waals surface area contributed by atoms with E-state index < -0.39 is 3.13 Å². The van der Waals surface area contributed by atoms with E-state index in [1.165, 1.54) is 0 Å². The minimum atomic E-state index is -0.611.